The molecular weight excluding hydrogens is 250 g/mol. The maximum Gasteiger partial charge on any atom is 0.180 e. The summed E-state index contributed by atoms with van der Waals surface area (Å²) >= 11 is 0. The molecule has 18 heavy (non-hydrogen) atoms. The molecule has 1 aliphatic rings. The highest BCUT2D eigenvalue weighted by atomic mass is 32.2. The van der Waals surface area contributed by atoms with Gasteiger partial charge in [-0.15, -0.1) is 0 Å². The van der Waals surface area contributed by atoms with Gasteiger partial charge in [0.2, 0.25) is 0 Å². The Bertz CT molecular complexity index is 650. The molecule has 3 rings (SSSR count). The average molecular weight is 263 g/mol. The molecular formula is C12H13N3O2S. The van der Waals surface area contributed by atoms with E-state index in [2.05, 4.69) is 15.5 Å². The first-order valence-electron chi connectivity index (χ1n) is 5.70. The molecule has 2 heterocycles. The van der Waals surface area contributed by atoms with Crippen LogP contribution in [0.15, 0.2) is 41.4 Å². The van der Waals surface area contributed by atoms with Crippen molar-refractivity contribution in [2.75, 3.05) is 5.75 Å². The van der Waals surface area contributed by atoms with Crippen LogP contribution in [-0.4, -0.2) is 24.4 Å². The quantitative estimate of drug-likeness (QED) is 0.867. The Balaban J connectivity index is 1.83. The number of hydrogen-bond donors (Lipinski definition) is 2. The van der Waals surface area contributed by atoms with Crippen LogP contribution in [-0.2, 0) is 16.4 Å². The van der Waals surface area contributed by atoms with Crippen LogP contribution < -0.4 is 5.32 Å². The highest BCUT2D eigenvalue weighted by molar-refractivity contribution is 7.91. The molecule has 6 heteroatoms. The molecule has 1 unspecified atom stereocenters. The van der Waals surface area contributed by atoms with E-state index in [0.717, 1.165) is 11.3 Å². The molecule has 1 aromatic carbocycles. The first-order chi connectivity index (χ1) is 8.67. The predicted octanol–water partition coefficient (Wildman–Crippen LogP) is 1.03. The molecule has 0 bridgehead atoms. The van der Waals surface area contributed by atoms with E-state index in [9.17, 15) is 8.42 Å². The molecule has 94 valence electrons. The third-order valence-electron chi connectivity index (χ3n) is 3.11. The summed E-state index contributed by atoms with van der Waals surface area (Å²) in [6, 6.07) is 8.88. The highest BCUT2D eigenvalue weighted by Crippen LogP contribution is 2.32. The minimum absolute atomic E-state index is 0.125. The molecule has 0 fully saturated rings. The molecule has 0 saturated carbocycles. The third-order valence-corrected chi connectivity index (χ3v) is 4.93. The zero-order valence-electron chi connectivity index (χ0n) is 9.63. The van der Waals surface area contributed by atoms with Crippen molar-refractivity contribution in [3.8, 4) is 0 Å². The van der Waals surface area contributed by atoms with Crippen molar-refractivity contribution >= 4 is 9.84 Å². The molecule has 2 aromatic rings. The van der Waals surface area contributed by atoms with Crippen molar-refractivity contribution < 1.29 is 8.42 Å². The highest BCUT2D eigenvalue weighted by Gasteiger charge is 2.33. The van der Waals surface area contributed by atoms with Gasteiger partial charge in [0, 0.05) is 24.5 Å². The fourth-order valence-corrected chi connectivity index (χ4v) is 4.01. The Morgan fingerprint density at radius 1 is 1.33 bits per heavy atom. The summed E-state index contributed by atoms with van der Waals surface area (Å²) in [5, 5.41) is 9.95. The number of fused-ring (bicyclic) bond motifs is 1. The number of benzene rings is 1. The largest absolute Gasteiger partial charge is 0.303 e. The number of nitrogens with one attached hydrogen (secondary N) is 2. The fourth-order valence-electron chi connectivity index (χ4n) is 2.24. The summed E-state index contributed by atoms with van der Waals surface area (Å²) in [4.78, 5) is 0.451. The first-order valence-corrected chi connectivity index (χ1v) is 7.35. The van der Waals surface area contributed by atoms with Crippen LogP contribution in [0.25, 0.3) is 0 Å². The van der Waals surface area contributed by atoms with Gasteiger partial charge in [-0.1, -0.05) is 18.2 Å². The minimum Gasteiger partial charge on any atom is -0.303 e. The van der Waals surface area contributed by atoms with Crippen LogP contribution >= 0.6 is 0 Å². The maximum absolute atomic E-state index is 12.0. The molecule has 0 aliphatic carbocycles. The molecule has 2 N–H and O–H groups in total. The Morgan fingerprint density at radius 2 is 2.17 bits per heavy atom. The van der Waals surface area contributed by atoms with Gasteiger partial charge in [-0.05, 0) is 17.7 Å². The number of aromatic amines is 1. The summed E-state index contributed by atoms with van der Waals surface area (Å²) in [5.41, 5.74) is 1.80. The van der Waals surface area contributed by atoms with E-state index >= 15 is 0 Å². The minimum atomic E-state index is -3.13. The first kappa shape index (κ1) is 11.4. The van der Waals surface area contributed by atoms with Gasteiger partial charge in [0.25, 0.3) is 0 Å². The lowest BCUT2D eigenvalue weighted by molar-refractivity contribution is 0.561. The predicted molar refractivity (Wildman–Crippen MR) is 66.7 cm³/mol. The van der Waals surface area contributed by atoms with Gasteiger partial charge in [-0.3, -0.25) is 5.10 Å². The average Bonchev–Trinajstić information content (AvgIpc) is 2.95. The maximum atomic E-state index is 12.0. The van der Waals surface area contributed by atoms with Crippen molar-refractivity contribution in [2.24, 2.45) is 0 Å². The van der Waals surface area contributed by atoms with Gasteiger partial charge in [-0.25, -0.2) is 8.42 Å². The molecule has 0 saturated heterocycles. The summed E-state index contributed by atoms with van der Waals surface area (Å²) in [6.45, 7) is 0.578. The lowest BCUT2D eigenvalue weighted by atomic mass is 10.1. The molecule has 1 aliphatic heterocycles. The van der Waals surface area contributed by atoms with Gasteiger partial charge >= 0.3 is 0 Å². The van der Waals surface area contributed by atoms with E-state index in [1.165, 1.54) is 0 Å². The topological polar surface area (TPSA) is 74.8 Å². The van der Waals surface area contributed by atoms with Crippen molar-refractivity contribution in [3.05, 3.63) is 47.8 Å². The standard InChI is InChI=1S/C12H13N3O2S/c16-18(17)8-11(10-3-1-2-4-12(10)18)13-7-9-5-6-14-15-9/h1-6,11,13H,7-8H2,(H,14,15). The Labute approximate surface area is 105 Å². The zero-order valence-corrected chi connectivity index (χ0v) is 10.4. The van der Waals surface area contributed by atoms with Gasteiger partial charge in [-0.2, -0.15) is 5.10 Å². The summed E-state index contributed by atoms with van der Waals surface area (Å²) < 4.78 is 23.9. The lowest BCUT2D eigenvalue weighted by Gasteiger charge is -2.11. The van der Waals surface area contributed by atoms with Crippen LogP contribution in [0.4, 0.5) is 0 Å². The van der Waals surface area contributed by atoms with E-state index in [4.69, 9.17) is 0 Å². The Kier molecular flexibility index (Phi) is 2.68. The van der Waals surface area contributed by atoms with Crippen LogP contribution in [0.1, 0.15) is 17.3 Å². The second kappa shape index (κ2) is 4.22. The summed E-state index contributed by atoms with van der Waals surface area (Å²) in [7, 11) is -3.13. The number of aromatic nitrogens is 2. The zero-order chi connectivity index (χ0) is 12.6. The normalized spacial score (nSPS) is 20.8. The van der Waals surface area contributed by atoms with E-state index < -0.39 is 9.84 Å². The summed E-state index contributed by atoms with van der Waals surface area (Å²) in [5.74, 6) is 0.125. The molecule has 1 aromatic heterocycles. The molecule has 0 amide bonds. The smallest absolute Gasteiger partial charge is 0.180 e. The van der Waals surface area contributed by atoms with Gasteiger partial charge < -0.3 is 5.32 Å². The van der Waals surface area contributed by atoms with Crippen molar-refractivity contribution in [2.45, 2.75) is 17.5 Å². The molecule has 0 radical (unpaired) electrons. The lowest BCUT2D eigenvalue weighted by Crippen LogP contribution is -2.22. The van der Waals surface area contributed by atoms with E-state index in [1.807, 2.05) is 18.2 Å². The molecule has 1 atom stereocenters. The Hall–Kier alpha value is -1.66. The van der Waals surface area contributed by atoms with Crippen molar-refractivity contribution in [3.63, 3.8) is 0 Å². The number of nitrogens with zero attached hydrogens (tertiary/aromatic N) is 1. The fraction of sp³-hybridized carbons (Fsp3) is 0.250. The second-order valence-electron chi connectivity index (χ2n) is 4.33. The Morgan fingerprint density at radius 3 is 2.94 bits per heavy atom. The van der Waals surface area contributed by atoms with Crippen LogP contribution in [0.2, 0.25) is 0 Å². The molecule has 0 spiro atoms. The third kappa shape index (κ3) is 1.93. The molecule has 5 nitrogen and oxygen atoms in total. The second-order valence-corrected chi connectivity index (χ2v) is 6.34. The number of rotatable bonds is 3. The van der Waals surface area contributed by atoms with E-state index in [1.54, 1.807) is 18.3 Å². The number of hydrogen-bond acceptors (Lipinski definition) is 4. The van der Waals surface area contributed by atoms with Crippen LogP contribution in [0, 0.1) is 0 Å². The van der Waals surface area contributed by atoms with Crippen molar-refractivity contribution in [1.29, 1.82) is 0 Å². The van der Waals surface area contributed by atoms with Crippen molar-refractivity contribution in [1.82, 2.24) is 15.5 Å². The number of H-pyrrole nitrogens is 1. The van der Waals surface area contributed by atoms with Gasteiger partial charge in [0.15, 0.2) is 9.84 Å². The SMILES string of the molecule is O=S1(=O)CC(NCc2ccn[nH]2)c2ccccc21. The van der Waals surface area contributed by atoms with Gasteiger partial charge in [0.05, 0.1) is 10.6 Å². The van der Waals surface area contributed by atoms with Crippen LogP contribution in [0.5, 0.6) is 0 Å². The summed E-state index contributed by atoms with van der Waals surface area (Å²) in [6.07, 6.45) is 1.68. The van der Waals surface area contributed by atoms with Crippen LogP contribution in [0.3, 0.4) is 0 Å². The number of sulfone groups is 1. The van der Waals surface area contributed by atoms with Gasteiger partial charge in [0.1, 0.15) is 0 Å². The monoisotopic (exact) mass is 263 g/mol. The van der Waals surface area contributed by atoms with E-state index in [0.29, 0.717) is 11.4 Å². The van der Waals surface area contributed by atoms with E-state index in [-0.39, 0.29) is 11.8 Å².